The maximum atomic E-state index is 11.7. The molecule has 0 aromatic heterocycles. The van der Waals surface area contributed by atoms with Crippen LogP contribution in [-0.2, 0) is 14.3 Å². The highest BCUT2D eigenvalue weighted by Crippen LogP contribution is 2.19. The molecule has 2 rings (SSSR count). The Kier molecular flexibility index (Phi) is 5.94. The van der Waals surface area contributed by atoms with E-state index in [4.69, 9.17) is 16.3 Å². The van der Waals surface area contributed by atoms with Crippen LogP contribution in [0.4, 0.5) is 5.69 Å². The standard InChI is InChI=1S/C18H16ClNO3/c1-13-7-9-15(11-16(13)19)20-17(21)12-23-18(22)10-8-14-5-3-2-4-6-14/h2-11H,12H2,1H3,(H,20,21)/b10-8+. The summed E-state index contributed by atoms with van der Waals surface area (Å²) in [7, 11) is 0. The summed E-state index contributed by atoms with van der Waals surface area (Å²) in [6.45, 7) is 1.51. The van der Waals surface area contributed by atoms with E-state index in [9.17, 15) is 9.59 Å². The fourth-order valence-corrected chi connectivity index (χ4v) is 1.96. The van der Waals surface area contributed by atoms with E-state index in [0.29, 0.717) is 10.7 Å². The molecule has 0 radical (unpaired) electrons. The summed E-state index contributed by atoms with van der Waals surface area (Å²) in [4.78, 5) is 23.3. The summed E-state index contributed by atoms with van der Waals surface area (Å²) in [5.41, 5.74) is 2.35. The van der Waals surface area contributed by atoms with Gasteiger partial charge >= 0.3 is 5.97 Å². The lowest BCUT2D eigenvalue weighted by molar-refractivity contribution is -0.142. The fourth-order valence-electron chi connectivity index (χ4n) is 1.78. The molecule has 1 N–H and O–H groups in total. The minimum Gasteiger partial charge on any atom is -0.452 e. The lowest BCUT2D eigenvalue weighted by atomic mass is 10.2. The second-order valence-electron chi connectivity index (χ2n) is 4.86. The van der Waals surface area contributed by atoms with Crippen molar-refractivity contribution >= 4 is 35.2 Å². The van der Waals surface area contributed by atoms with E-state index in [1.54, 1.807) is 24.3 Å². The minimum atomic E-state index is -0.578. The summed E-state index contributed by atoms with van der Waals surface area (Å²) in [6.07, 6.45) is 2.91. The van der Waals surface area contributed by atoms with Crippen LogP contribution in [0.1, 0.15) is 11.1 Å². The molecule has 0 bridgehead atoms. The van der Waals surface area contributed by atoms with Gasteiger partial charge in [0.1, 0.15) is 0 Å². The number of nitrogens with one attached hydrogen (secondary N) is 1. The van der Waals surface area contributed by atoms with Crippen molar-refractivity contribution in [1.29, 1.82) is 0 Å². The van der Waals surface area contributed by atoms with E-state index in [2.05, 4.69) is 5.32 Å². The number of rotatable bonds is 5. The maximum Gasteiger partial charge on any atom is 0.331 e. The highest BCUT2D eigenvalue weighted by Gasteiger charge is 2.06. The quantitative estimate of drug-likeness (QED) is 0.669. The van der Waals surface area contributed by atoms with Crippen molar-refractivity contribution in [2.45, 2.75) is 6.92 Å². The third-order valence-corrected chi connectivity index (χ3v) is 3.42. The largest absolute Gasteiger partial charge is 0.452 e. The maximum absolute atomic E-state index is 11.7. The molecule has 0 fully saturated rings. The van der Waals surface area contributed by atoms with E-state index < -0.39 is 11.9 Å². The first-order valence-electron chi connectivity index (χ1n) is 7.00. The van der Waals surface area contributed by atoms with Crippen molar-refractivity contribution in [2.24, 2.45) is 0 Å². The number of esters is 1. The molecule has 2 aromatic rings. The molecule has 0 atom stereocenters. The van der Waals surface area contributed by atoms with Gasteiger partial charge in [0.15, 0.2) is 6.61 Å². The highest BCUT2D eigenvalue weighted by molar-refractivity contribution is 6.31. The van der Waals surface area contributed by atoms with Gasteiger partial charge in [0.25, 0.3) is 5.91 Å². The lowest BCUT2D eigenvalue weighted by Crippen LogP contribution is -2.20. The van der Waals surface area contributed by atoms with Crippen molar-refractivity contribution in [3.8, 4) is 0 Å². The molecule has 118 valence electrons. The molecule has 2 aromatic carbocycles. The van der Waals surface area contributed by atoms with Gasteiger partial charge in [0.05, 0.1) is 0 Å². The number of carbonyl (C=O) groups is 2. The van der Waals surface area contributed by atoms with E-state index in [1.165, 1.54) is 6.08 Å². The molecule has 0 heterocycles. The number of hydrogen-bond donors (Lipinski definition) is 1. The Morgan fingerprint density at radius 3 is 2.61 bits per heavy atom. The van der Waals surface area contributed by atoms with Crippen LogP contribution in [-0.4, -0.2) is 18.5 Å². The van der Waals surface area contributed by atoms with Gasteiger partial charge in [0, 0.05) is 16.8 Å². The van der Waals surface area contributed by atoms with Crippen LogP contribution in [0.25, 0.3) is 6.08 Å². The van der Waals surface area contributed by atoms with Crippen LogP contribution in [0.15, 0.2) is 54.6 Å². The first-order chi connectivity index (χ1) is 11.0. The van der Waals surface area contributed by atoms with Crippen molar-refractivity contribution in [2.75, 3.05) is 11.9 Å². The van der Waals surface area contributed by atoms with Gasteiger partial charge in [-0.15, -0.1) is 0 Å². The average Bonchev–Trinajstić information content (AvgIpc) is 2.55. The Morgan fingerprint density at radius 1 is 1.17 bits per heavy atom. The number of ether oxygens (including phenoxy) is 1. The average molecular weight is 330 g/mol. The van der Waals surface area contributed by atoms with Gasteiger partial charge in [-0.3, -0.25) is 4.79 Å². The minimum absolute atomic E-state index is 0.358. The number of benzene rings is 2. The van der Waals surface area contributed by atoms with Crippen LogP contribution in [0.5, 0.6) is 0 Å². The molecule has 0 unspecified atom stereocenters. The normalized spacial score (nSPS) is 10.5. The molecule has 4 nitrogen and oxygen atoms in total. The molecule has 1 amide bonds. The number of anilines is 1. The van der Waals surface area contributed by atoms with E-state index in [1.807, 2.05) is 37.3 Å². The van der Waals surface area contributed by atoms with Gasteiger partial charge in [-0.25, -0.2) is 4.79 Å². The summed E-state index contributed by atoms with van der Waals surface area (Å²) >= 11 is 5.98. The Labute approximate surface area is 139 Å². The van der Waals surface area contributed by atoms with Crippen LogP contribution in [0, 0.1) is 6.92 Å². The molecule has 0 saturated carbocycles. The molecule has 0 aliphatic carbocycles. The smallest absolute Gasteiger partial charge is 0.331 e. The van der Waals surface area contributed by atoms with E-state index in [0.717, 1.165) is 11.1 Å². The Bertz CT molecular complexity index is 726. The molecular formula is C18H16ClNO3. The molecule has 0 aliphatic rings. The number of amides is 1. The fraction of sp³-hybridized carbons (Fsp3) is 0.111. The predicted octanol–water partition coefficient (Wildman–Crippen LogP) is 3.84. The lowest BCUT2D eigenvalue weighted by Gasteiger charge is -2.07. The first-order valence-corrected chi connectivity index (χ1v) is 7.38. The Balaban J connectivity index is 1.80. The molecular weight excluding hydrogens is 314 g/mol. The molecule has 0 aliphatic heterocycles. The zero-order valence-corrected chi connectivity index (χ0v) is 13.3. The second kappa shape index (κ2) is 8.15. The van der Waals surface area contributed by atoms with Crippen molar-refractivity contribution in [3.63, 3.8) is 0 Å². The number of hydrogen-bond acceptors (Lipinski definition) is 3. The SMILES string of the molecule is Cc1ccc(NC(=O)COC(=O)/C=C/c2ccccc2)cc1Cl. The van der Waals surface area contributed by atoms with Crippen LogP contribution < -0.4 is 5.32 Å². The number of aryl methyl sites for hydroxylation is 1. The number of carbonyl (C=O) groups excluding carboxylic acids is 2. The van der Waals surface area contributed by atoms with Gasteiger partial charge < -0.3 is 10.1 Å². The zero-order valence-electron chi connectivity index (χ0n) is 12.6. The number of halogens is 1. The molecule has 23 heavy (non-hydrogen) atoms. The third kappa shape index (κ3) is 5.60. The van der Waals surface area contributed by atoms with E-state index in [-0.39, 0.29) is 6.61 Å². The summed E-state index contributed by atoms with van der Waals surface area (Å²) in [5, 5.41) is 3.18. The van der Waals surface area contributed by atoms with Crippen LogP contribution in [0.2, 0.25) is 5.02 Å². The highest BCUT2D eigenvalue weighted by atomic mass is 35.5. The predicted molar refractivity (Wildman–Crippen MR) is 91.3 cm³/mol. The summed E-state index contributed by atoms with van der Waals surface area (Å²) in [6, 6.07) is 14.5. The van der Waals surface area contributed by atoms with Crippen molar-refractivity contribution < 1.29 is 14.3 Å². The van der Waals surface area contributed by atoms with E-state index >= 15 is 0 Å². The Morgan fingerprint density at radius 2 is 1.91 bits per heavy atom. The van der Waals surface area contributed by atoms with Gasteiger partial charge in [-0.05, 0) is 36.3 Å². The monoisotopic (exact) mass is 329 g/mol. The zero-order chi connectivity index (χ0) is 16.7. The van der Waals surface area contributed by atoms with Crippen LogP contribution in [0.3, 0.4) is 0 Å². The van der Waals surface area contributed by atoms with Crippen LogP contribution >= 0.6 is 11.6 Å². The molecule has 5 heteroatoms. The molecule has 0 spiro atoms. The Hall–Kier alpha value is -2.59. The molecule has 0 saturated heterocycles. The second-order valence-corrected chi connectivity index (χ2v) is 5.27. The van der Waals surface area contributed by atoms with Gasteiger partial charge in [-0.2, -0.15) is 0 Å². The van der Waals surface area contributed by atoms with Crippen molar-refractivity contribution in [3.05, 3.63) is 70.8 Å². The van der Waals surface area contributed by atoms with Crippen molar-refractivity contribution in [1.82, 2.24) is 0 Å². The first kappa shape index (κ1) is 16.8. The summed E-state index contributed by atoms with van der Waals surface area (Å²) in [5.74, 6) is -1.00. The van der Waals surface area contributed by atoms with Gasteiger partial charge in [-0.1, -0.05) is 48.0 Å². The van der Waals surface area contributed by atoms with Gasteiger partial charge in [0.2, 0.25) is 0 Å². The summed E-state index contributed by atoms with van der Waals surface area (Å²) < 4.78 is 4.88. The topological polar surface area (TPSA) is 55.4 Å². The third-order valence-electron chi connectivity index (χ3n) is 3.01.